The molecule has 1 fully saturated rings. The Bertz CT molecular complexity index is 659. The van der Waals surface area contributed by atoms with Gasteiger partial charge in [-0.2, -0.15) is 0 Å². The first-order valence-corrected chi connectivity index (χ1v) is 9.49. The minimum Gasteiger partial charge on any atom is -0.496 e. The van der Waals surface area contributed by atoms with Crippen LogP contribution in [0, 0.1) is 6.92 Å². The second-order valence-electron chi connectivity index (χ2n) is 5.96. The molecule has 6 nitrogen and oxygen atoms in total. The molecule has 1 saturated heterocycles. The van der Waals surface area contributed by atoms with E-state index in [9.17, 15) is 13.2 Å². The lowest BCUT2D eigenvalue weighted by atomic mass is 10.0. The molecule has 1 amide bonds. The fourth-order valence-electron chi connectivity index (χ4n) is 2.67. The molecule has 2 rings (SSSR count). The molecule has 0 aromatic heterocycles. The van der Waals surface area contributed by atoms with E-state index >= 15 is 0 Å². The maximum atomic E-state index is 12.2. The Morgan fingerprint density at radius 2 is 2.00 bits per heavy atom. The summed E-state index contributed by atoms with van der Waals surface area (Å²) in [6.07, 6.45) is 0. The van der Waals surface area contributed by atoms with Crippen LogP contribution in [0.1, 0.15) is 24.1 Å². The van der Waals surface area contributed by atoms with Crippen LogP contribution in [0.25, 0.3) is 0 Å². The summed E-state index contributed by atoms with van der Waals surface area (Å²) in [5, 5.41) is 2.96. The van der Waals surface area contributed by atoms with Gasteiger partial charge in [-0.05, 0) is 19.9 Å². The van der Waals surface area contributed by atoms with E-state index in [1.807, 2.05) is 36.9 Å². The van der Waals surface area contributed by atoms with Crippen LogP contribution in [0.15, 0.2) is 18.2 Å². The Hall–Kier alpha value is -1.60. The number of rotatable bonds is 5. The van der Waals surface area contributed by atoms with Crippen molar-refractivity contribution in [3.05, 3.63) is 29.3 Å². The van der Waals surface area contributed by atoms with Crippen LogP contribution in [-0.2, 0) is 14.6 Å². The van der Waals surface area contributed by atoms with Crippen LogP contribution in [0.5, 0.6) is 5.75 Å². The topological polar surface area (TPSA) is 75.7 Å². The lowest BCUT2D eigenvalue weighted by molar-refractivity contribution is -0.122. The van der Waals surface area contributed by atoms with Gasteiger partial charge in [0, 0.05) is 18.7 Å². The molecule has 0 saturated carbocycles. The van der Waals surface area contributed by atoms with Gasteiger partial charge in [0.05, 0.1) is 31.2 Å². The molecule has 7 heteroatoms. The van der Waals surface area contributed by atoms with Gasteiger partial charge in [0.2, 0.25) is 5.91 Å². The van der Waals surface area contributed by atoms with Crippen LogP contribution in [0.4, 0.5) is 0 Å². The first-order chi connectivity index (χ1) is 10.8. The highest BCUT2D eigenvalue weighted by Crippen LogP contribution is 2.26. The van der Waals surface area contributed by atoms with Crippen molar-refractivity contribution in [1.82, 2.24) is 10.2 Å². The molecule has 128 valence electrons. The van der Waals surface area contributed by atoms with Crippen LogP contribution in [-0.4, -0.2) is 57.5 Å². The largest absolute Gasteiger partial charge is 0.496 e. The number of hydrogen-bond donors (Lipinski definition) is 1. The summed E-state index contributed by atoms with van der Waals surface area (Å²) >= 11 is 0. The standard InChI is InChI=1S/C16H24N2O4S/c1-12-4-5-15(22-3)14(10-12)13(2)17-16(19)11-18-6-8-23(20,21)9-7-18/h4-5,10,13H,6-9,11H2,1-3H3,(H,17,19)/t13-/m1/s1. The third kappa shape index (κ3) is 4.94. The van der Waals surface area contributed by atoms with E-state index in [4.69, 9.17) is 4.74 Å². The Labute approximate surface area is 137 Å². The predicted octanol–water partition coefficient (Wildman–Crippen LogP) is 0.911. The quantitative estimate of drug-likeness (QED) is 0.862. The Morgan fingerprint density at radius 3 is 2.61 bits per heavy atom. The number of hydrogen-bond acceptors (Lipinski definition) is 5. The molecule has 0 spiro atoms. The zero-order chi connectivity index (χ0) is 17.0. The van der Waals surface area contributed by atoms with E-state index < -0.39 is 9.84 Å². The maximum Gasteiger partial charge on any atom is 0.234 e. The molecule has 23 heavy (non-hydrogen) atoms. The number of amides is 1. The normalized spacial score (nSPS) is 19.1. The molecular weight excluding hydrogens is 316 g/mol. The summed E-state index contributed by atoms with van der Waals surface area (Å²) < 4.78 is 28.2. The van der Waals surface area contributed by atoms with Gasteiger partial charge in [0.1, 0.15) is 5.75 Å². The minimum absolute atomic E-state index is 0.111. The molecule has 1 aromatic carbocycles. The Morgan fingerprint density at radius 1 is 1.35 bits per heavy atom. The molecule has 1 aromatic rings. The van der Waals surface area contributed by atoms with E-state index in [-0.39, 0.29) is 30.0 Å². The van der Waals surface area contributed by atoms with Crippen molar-refractivity contribution in [2.45, 2.75) is 19.9 Å². The number of nitrogens with zero attached hydrogens (tertiary/aromatic N) is 1. The van der Waals surface area contributed by atoms with Crippen molar-refractivity contribution in [3.63, 3.8) is 0 Å². The summed E-state index contributed by atoms with van der Waals surface area (Å²) in [7, 11) is -1.31. The second-order valence-corrected chi connectivity index (χ2v) is 8.27. The Kier molecular flexibility index (Phi) is 5.64. The molecular formula is C16H24N2O4S. The highest BCUT2D eigenvalue weighted by molar-refractivity contribution is 7.91. The molecule has 1 N–H and O–H groups in total. The summed E-state index contributed by atoms with van der Waals surface area (Å²) in [5.74, 6) is 0.885. The first-order valence-electron chi connectivity index (χ1n) is 7.67. The van der Waals surface area contributed by atoms with E-state index in [1.165, 1.54) is 0 Å². The van der Waals surface area contributed by atoms with Gasteiger partial charge in [-0.1, -0.05) is 17.7 Å². The van der Waals surface area contributed by atoms with Gasteiger partial charge in [-0.3, -0.25) is 9.69 Å². The van der Waals surface area contributed by atoms with Gasteiger partial charge in [-0.25, -0.2) is 8.42 Å². The minimum atomic E-state index is -2.92. The van der Waals surface area contributed by atoms with Crippen LogP contribution in [0.3, 0.4) is 0 Å². The van der Waals surface area contributed by atoms with Crippen molar-refractivity contribution in [1.29, 1.82) is 0 Å². The van der Waals surface area contributed by atoms with E-state index in [0.29, 0.717) is 13.1 Å². The average Bonchev–Trinajstić information content (AvgIpc) is 2.49. The van der Waals surface area contributed by atoms with Crippen molar-refractivity contribution >= 4 is 15.7 Å². The number of carbonyl (C=O) groups is 1. The van der Waals surface area contributed by atoms with Gasteiger partial charge in [0.15, 0.2) is 9.84 Å². The molecule has 1 heterocycles. The zero-order valence-corrected chi connectivity index (χ0v) is 14.6. The SMILES string of the molecule is COc1ccc(C)cc1[C@@H](C)NC(=O)CN1CCS(=O)(=O)CC1. The third-order valence-corrected chi connectivity index (χ3v) is 5.64. The number of ether oxygens (including phenoxy) is 1. The fraction of sp³-hybridized carbons (Fsp3) is 0.562. The maximum absolute atomic E-state index is 12.2. The number of methoxy groups -OCH3 is 1. The predicted molar refractivity (Wildman–Crippen MR) is 89.4 cm³/mol. The van der Waals surface area contributed by atoms with E-state index in [1.54, 1.807) is 7.11 Å². The van der Waals surface area contributed by atoms with E-state index in [2.05, 4.69) is 5.32 Å². The molecule has 0 bridgehead atoms. The molecule has 1 aliphatic heterocycles. The lowest BCUT2D eigenvalue weighted by Crippen LogP contribution is -2.45. The van der Waals surface area contributed by atoms with Crippen molar-refractivity contribution < 1.29 is 17.9 Å². The summed E-state index contributed by atoms with van der Waals surface area (Å²) in [4.78, 5) is 14.1. The third-order valence-electron chi connectivity index (χ3n) is 4.03. The first kappa shape index (κ1) is 17.7. The second kappa shape index (κ2) is 7.31. The highest BCUT2D eigenvalue weighted by atomic mass is 32.2. The monoisotopic (exact) mass is 340 g/mol. The molecule has 0 aliphatic carbocycles. The van der Waals surface area contributed by atoms with Gasteiger partial charge in [-0.15, -0.1) is 0 Å². The number of aryl methyl sites for hydroxylation is 1. The van der Waals surface area contributed by atoms with Crippen molar-refractivity contribution in [2.75, 3.05) is 38.2 Å². The molecule has 1 atom stereocenters. The Balaban J connectivity index is 1.94. The van der Waals surface area contributed by atoms with Gasteiger partial charge in [0.25, 0.3) is 0 Å². The molecule has 0 radical (unpaired) electrons. The zero-order valence-electron chi connectivity index (χ0n) is 13.8. The number of sulfone groups is 1. The summed E-state index contributed by atoms with van der Waals surface area (Å²) in [6.45, 7) is 4.95. The summed E-state index contributed by atoms with van der Waals surface area (Å²) in [5.41, 5.74) is 2.03. The molecule has 1 aliphatic rings. The molecule has 0 unspecified atom stereocenters. The number of carbonyl (C=O) groups excluding carboxylic acids is 1. The van der Waals surface area contributed by atoms with Crippen LogP contribution >= 0.6 is 0 Å². The smallest absolute Gasteiger partial charge is 0.234 e. The fourth-order valence-corrected chi connectivity index (χ4v) is 3.95. The highest BCUT2D eigenvalue weighted by Gasteiger charge is 2.23. The summed E-state index contributed by atoms with van der Waals surface area (Å²) in [6, 6.07) is 5.68. The van der Waals surface area contributed by atoms with Crippen molar-refractivity contribution in [3.8, 4) is 5.75 Å². The number of benzene rings is 1. The number of nitrogens with one attached hydrogen (secondary N) is 1. The van der Waals surface area contributed by atoms with Gasteiger partial charge >= 0.3 is 0 Å². The van der Waals surface area contributed by atoms with Crippen LogP contribution < -0.4 is 10.1 Å². The lowest BCUT2D eigenvalue weighted by Gasteiger charge is -2.26. The average molecular weight is 340 g/mol. The van der Waals surface area contributed by atoms with Gasteiger partial charge < -0.3 is 10.1 Å². The van der Waals surface area contributed by atoms with Crippen molar-refractivity contribution in [2.24, 2.45) is 0 Å². The van der Waals surface area contributed by atoms with Crippen LogP contribution in [0.2, 0.25) is 0 Å². The van der Waals surface area contributed by atoms with E-state index in [0.717, 1.165) is 16.9 Å².